The summed E-state index contributed by atoms with van der Waals surface area (Å²) in [6.07, 6.45) is 0.891. The predicted molar refractivity (Wildman–Crippen MR) is 79.7 cm³/mol. The molecule has 2 aromatic heterocycles. The van der Waals surface area contributed by atoms with Gasteiger partial charge < -0.3 is 0 Å². The summed E-state index contributed by atoms with van der Waals surface area (Å²) in [6, 6.07) is 10.4. The summed E-state index contributed by atoms with van der Waals surface area (Å²) in [6.45, 7) is 0. The first kappa shape index (κ1) is 13.3. The highest BCUT2D eigenvalue weighted by atomic mass is 32.2. The van der Waals surface area contributed by atoms with E-state index < -0.39 is 0 Å². The quantitative estimate of drug-likeness (QED) is 0.678. The van der Waals surface area contributed by atoms with E-state index in [1.807, 2.05) is 13.1 Å². The van der Waals surface area contributed by atoms with Gasteiger partial charge in [0.25, 0.3) is 0 Å². The molecule has 0 saturated heterocycles. The first-order chi connectivity index (χ1) is 9.81. The maximum atomic E-state index is 4.65. The molecule has 0 atom stereocenters. The van der Waals surface area contributed by atoms with E-state index in [1.54, 1.807) is 27.8 Å². The van der Waals surface area contributed by atoms with Crippen molar-refractivity contribution in [2.75, 3.05) is 0 Å². The summed E-state index contributed by atoms with van der Waals surface area (Å²) in [7, 11) is 1.84. The summed E-state index contributed by atoms with van der Waals surface area (Å²) in [5.74, 6) is 0.791. The van der Waals surface area contributed by atoms with Gasteiger partial charge in [0, 0.05) is 24.6 Å². The molecule has 0 aliphatic carbocycles. The average molecular weight is 303 g/mol. The summed E-state index contributed by atoms with van der Waals surface area (Å²) in [5, 5.41) is 15.4. The smallest absolute Gasteiger partial charge is 0.209 e. The molecule has 0 saturated carbocycles. The normalized spacial score (nSPS) is 10.8. The van der Waals surface area contributed by atoms with Gasteiger partial charge in [-0.25, -0.2) is 9.67 Å². The van der Waals surface area contributed by atoms with E-state index in [0.29, 0.717) is 0 Å². The van der Waals surface area contributed by atoms with Crippen LogP contribution in [0, 0.1) is 0 Å². The van der Waals surface area contributed by atoms with E-state index in [4.69, 9.17) is 0 Å². The number of aromatic nitrogens is 5. The molecule has 3 aromatic rings. The van der Waals surface area contributed by atoms with Crippen molar-refractivity contribution < 1.29 is 0 Å². The summed E-state index contributed by atoms with van der Waals surface area (Å²) < 4.78 is 1.67. The maximum Gasteiger partial charge on any atom is 0.209 e. The Kier molecular flexibility index (Phi) is 4.08. The largest absolute Gasteiger partial charge is 0.245 e. The first-order valence-electron chi connectivity index (χ1n) is 6.13. The summed E-state index contributed by atoms with van der Waals surface area (Å²) in [5.41, 5.74) is 2.37. The molecule has 0 bridgehead atoms. The van der Waals surface area contributed by atoms with Crippen molar-refractivity contribution in [3.05, 3.63) is 52.0 Å². The lowest BCUT2D eigenvalue weighted by atomic mass is 10.2. The number of benzene rings is 1. The van der Waals surface area contributed by atoms with Crippen LogP contribution in [0.25, 0.3) is 0 Å². The molecular formula is C13H13N5S2. The molecule has 0 spiro atoms. The molecule has 0 unspecified atom stereocenters. The van der Waals surface area contributed by atoms with Crippen LogP contribution < -0.4 is 0 Å². The van der Waals surface area contributed by atoms with Crippen molar-refractivity contribution in [3.8, 4) is 0 Å². The van der Waals surface area contributed by atoms with Crippen molar-refractivity contribution in [2.24, 2.45) is 7.05 Å². The number of hydrogen-bond acceptors (Lipinski definition) is 6. The van der Waals surface area contributed by atoms with Gasteiger partial charge in [-0.2, -0.15) is 0 Å². The Morgan fingerprint density at radius 1 is 1.25 bits per heavy atom. The molecule has 2 heterocycles. The first-order valence-corrected chi connectivity index (χ1v) is 8.00. The zero-order chi connectivity index (χ0) is 13.8. The van der Waals surface area contributed by atoms with Crippen molar-refractivity contribution in [1.29, 1.82) is 0 Å². The minimum absolute atomic E-state index is 0.791. The van der Waals surface area contributed by atoms with Crippen molar-refractivity contribution in [2.45, 2.75) is 17.3 Å². The fourth-order valence-electron chi connectivity index (χ4n) is 1.75. The highest BCUT2D eigenvalue weighted by Crippen LogP contribution is 2.22. The summed E-state index contributed by atoms with van der Waals surface area (Å²) in [4.78, 5) is 4.65. The van der Waals surface area contributed by atoms with Crippen LogP contribution >= 0.6 is 23.1 Å². The van der Waals surface area contributed by atoms with E-state index in [0.717, 1.165) is 28.0 Å². The lowest BCUT2D eigenvalue weighted by Gasteiger charge is -1.97. The van der Waals surface area contributed by atoms with Gasteiger partial charge in [-0.3, -0.25) is 0 Å². The predicted octanol–water partition coefficient (Wildman–Crippen LogP) is 2.55. The van der Waals surface area contributed by atoms with Crippen LogP contribution in [0.4, 0.5) is 0 Å². The SMILES string of the molecule is Cn1nnnc1SCc1csc(Cc2ccccc2)n1. The minimum Gasteiger partial charge on any atom is -0.245 e. The Balaban J connectivity index is 1.61. The Morgan fingerprint density at radius 2 is 2.10 bits per heavy atom. The zero-order valence-electron chi connectivity index (χ0n) is 10.9. The van der Waals surface area contributed by atoms with Gasteiger partial charge in [0.2, 0.25) is 5.16 Å². The van der Waals surface area contributed by atoms with Crippen molar-refractivity contribution in [1.82, 2.24) is 25.2 Å². The molecule has 0 amide bonds. The van der Waals surface area contributed by atoms with Crippen LogP contribution in [-0.4, -0.2) is 25.2 Å². The van der Waals surface area contributed by atoms with Crippen molar-refractivity contribution in [3.63, 3.8) is 0 Å². The lowest BCUT2D eigenvalue weighted by Crippen LogP contribution is -1.93. The Morgan fingerprint density at radius 3 is 2.85 bits per heavy atom. The van der Waals surface area contributed by atoms with E-state index in [1.165, 1.54) is 5.56 Å². The number of thiazole rings is 1. The van der Waals surface area contributed by atoms with E-state index >= 15 is 0 Å². The van der Waals surface area contributed by atoms with Gasteiger partial charge >= 0.3 is 0 Å². The molecular weight excluding hydrogens is 290 g/mol. The Labute approximate surface area is 125 Å². The monoisotopic (exact) mass is 303 g/mol. The van der Waals surface area contributed by atoms with Crippen LogP contribution in [-0.2, 0) is 19.2 Å². The third-order valence-corrected chi connectivity index (χ3v) is 4.67. The highest BCUT2D eigenvalue weighted by Gasteiger charge is 2.07. The molecule has 0 aliphatic rings. The van der Waals surface area contributed by atoms with Crippen molar-refractivity contribution >= 4 is 23.1 Å². The molecule has 0 N–H and O–H groups in total. The number of thioether (sulfide) groups is 1. The van der Waals surface area contributed by atoms with Gasteiger partial charge in [0.1, 0.15) is 0 Å². The molecule has 0 aliphatic heterocycles. The summed E-state index contributed by atoms with van der Waals surface area (Å²) >= 11 is 3.30. The second-order valence-electron chi connectivity index (χ2n) is 4.27. The van der Waals surface area contributed by atoms with Crippen LogP contribution in [0.1, 0.15) is 16.3 Å². The molecule has 20 heavy (non-hydrogen) atoms. The number of aryl methyl sites for hydroxylation is 1. The molecule has 0 radical (unpaired) electrons. The van der Waals surface area contributed by atoms with E-state index in [9.17, 15) is 0 Å². The fraction of sp³-hybridized carbons (Fsp3) is 0.231. The molecule has 0 fully saturated rings. The number of rotatable bonds is 5. The van der Waals surface area contributed by atoms with E-state index in [2.05, 4.69) is 50.2 Å². The van der Waals surface area contributed by atoms with Gasteiger partial charge in [0.05, 0.1) is 10.7 Å². The Hall–Kier alpha value is -1.73. The van der Waals surface area contributed by atoms with E-state index in [-0.39, 0.29) is 0 Å². The number of nitrogens with zero attached hydrogens (tertiary/aromatic N) is 5. The lowest BCUT2D eigenvalue weighted by molar-refractivity contribution is 0.664. The topological polar surface area (TPSA) is 56.5 Å². The average Bonchev–Trinajstić information content (AvgIpc) is 3.07. The molecule has 1 aromatic carbocycles. The van der Waals surface area contributed by atoms with Gasteiger partial charge in [-0.05, 0) is 16.0 Å². The number of hydrogen-bond donors (Lipinski definition) is 0. The van der Waals surface area contributed by atoms with Gasteiger partial charge in [-0.1, -0.05) is 42.1 Å². The zero-order valence-corrected chi connectivity index (χ0v) is 12.6. The van der Waals surface area contributed by atoms with Crippen LogP contribution in [0.5, 0.6) is 0 Å². The fourth-order valence-corrected chi connectivity index (χ4v) is 3.42. The second kappa shape index (κ2) is 6.15. The molecule has 102 valence electrons. The van der Waals surface area contributed by atoms with Gasteiger partial charge in [0.15, 0.2) is 0 Å². The minimum atomic E-state index is 0.791. The highest BCUT2D eigenvalue weighted by molar-refractivity contribution is 7.98. The molecule has 7 heteroatoms. The molecule has 5 nitrogen and oxygen atoms in total. The van der Waals surface area contributed by atoms with Crippen LogP contribution in [0.3, 0.4) is 0 Å². The van der Waals surface area contributed by atoms with Crippen LogP contribution in [0.15, 0.2) is 40.9 Å². The standard InChI is InChI=1S/C13H13N5S2/c1-18-13(15-16-17-18)20-9-11-8-19-12(14-11)7-10-5-3-2-4-6-10/h2-6,8H,7,9H2,1H3. The maximum absolute atomic E-state index is 4.65. The Bertz CT molecular complexity index is 677. The van der Waals surface area contributed by atoms with Gasteiger partial charge in [-0.15, -0.1) is 16.4 Å². The third kappa shape index (κ3) is 3.23. The molecule has 3 rings (SSSR count). The second-order valence-corrected chi connectivity index (χ2v) is 6.15. The number of tetrazole rings is 1. The third-order valence-electron chi connectivity index (χ3n) is 2.73. The van der Waals surface area contributed by atoms with Crippen LogP contribution in [0.2, 0.25) is 0 Å².